The van der Waals surface area contributed by atoms with E-state index in [0.29, 0.717) is 5.41 Å². The Balaban J connectivity index is 1.50. The first-order valence-corrected chi connectivity index (χ1v) is 10.1. The highest BCUT2D eigenvalue weighted by atomic mass is 16.3. The van der Waals surface area contributed by atoms with Crippen molar-refractivity contribution in [2.45, 2.75) is 77.7 Å². The molecule has 4 aliphatic rings. The summed E-state index contributed by atoms with van der Waals surface area (Å²) in [7, 11) is 0. The van der Waals surface area contributed by atoms with Crippen LogP contribution in [0.4, 0.5) is 0 Å². The molecule has 0 aliphatic heterocycles. The van der Waals surface area contributed by atoms with Crippen LogP contribution in [0.1, 0.15) is 70.6 Å². The van der Waals surface area contributed by atoms with Crippen LogP contribution in [-0.4, -0.2) is 20.9 Å². The third kappa shape index (κ3) is 1.75. The van der Waals surface area contributed by atoms with E-state index >= 15 is 0 Å². The quantitative estimate of drug-likeness (QED) is 0.752. The van der Waals surface area contributed by atoms with Crippen molar-refractivity contribution in [1.82, 2.24) is 10.2 Å². The Morgan fingerprint density at radius 1 is 1.08 bits per heavy atom. The molecule has 2 N–H and O–H groups in total. The van der Waals surface area contributed by atoms with Gasteiger partial charge in [-0.2, -0.15) is 5.10 Å². The molecule has 0 bridgehead atoms. The first-order valence-electron chi connectivity index (χ1n) is 10.1. The van der Waals surface area contributed by atoms with E-state index in [-0.39, 0.29) is 5.41 Å². The van der Waals surface area contributed by atoms with Gasteiger partial charge in [0, 0.05) is 5.69 Å². The fourth-order valence-electron chi connectivity index (χ4n) is 7.71. The average molecular weight is 329 g/mol. The van der Waals surface area contributed by atoms with E-state index in [1.807, 2.05) is 0 Å². The molecule has 1 aromatic heterocycles. The second kappa shape index (κ2) is 4.66. The smallest absolute Gasteiger partial charge is 0.0675 e. The number of aliphatic hydroxyl groups is 1. The SMILES string of the molecule is C[C@]1(O)CCC2C3CC[C@H]4Cc5[nH]ncc5C[C@]4(C)C3CC[C@@]21C. The van der Waals surface area contributed by atoms with Crippen LogP contribution >= 0.6 is 0 Å². The van der Waals surface area contributed by atoms with Gasteiger partial charge in [0.2, 0.25) is 0 Å². The van der Waals surface area contributed by atoms with Crippen molar-refractivity contribution in [2.24, 2.45) is 34.5 Å². The van der Waals surface area contributed by atoms with Crippen LogP contribution in [0.15, 0.2) is 6.20 Å². The Kier molecular flexibility index (Phi) is 3.00. The van der Waals surface area contributed by atoms with Gasteiger partial charge in [-0.05, 0) is 98.4 Å². The van der Waals surface area contributed by atoms with Gasteiger partial charge in [0.25, 0.3) is 0 Å². The lowest BCUT2D eigenvalue weighted by Crippen LogP contribution is -2.56. The van der Waals surface area contributed by atoms with Crippen molar-refractivity contribution in [3.63, 3.8) is 0 Å². The molecule has 0 spiro atoms. The van der Waals surface area contributed by atoms with E-state index in [1.54, 1.807) is 0 Å². The lowest BCUT2D eigenvalue weighted by molar-refractivity contribution is -0.139. The van der Waals surface area contributed by atoms with Crippen molar-refractivity contribution in [2.75, 3.05) is 0 Å². The summed E-state index contributed by atoms with van der Waals surface area (Å²) in [6.07, 6.45) is 12.0. The molecule has 1 heterocycles. The molecule has 1 aromatic rings. The predicted octanol–water partition coefficient (Wildman–Crippen LogP) is 4.12. The van der Waals surface area contributed by atoms with Gasteiger partial charge in [-0.25, -0.2) is 0 Å². The number of nitrogens with zero attached hydrogens (tertiary/aromatic N) is 1. The second-order valence-electron chi connectivity index (χ2n) is 10.2. The summed E-state index contributed by atoms with van der Waals surface area (Å²) < 4.78 is 0. The van der Waals surface area contributed by atoms with Gasteiger partial charge < -0.3 is 5.11 Å². The van der Waals surface area contributed by atoms with Crippen molar-refractivity contribution in [3.8, 4) is 0 Å². The van der Waals surface area contributed by atoms with E-state index in [1.165, 1.54) is 56.2 Å². The number of aromatic amines is 1. The Labute approximate surface area is 145 Å². The maximum absolute atomic E-state index is 11.0. The standard InChI is InChI=1S/C21H32N2O/c1-19-11-13-12-22-23-18(13)10-14(19)4-5-15-16(19)6-8-20(2)17(15)7-9-21(20,3)24/h12,14-17,24H,4-11H2,1-3H3,(H,22,23)/t14-,15?,16?,17?,19-,20-,21-/m0/s1. The van der Waals surface area contributed by atoms with E-state index in [9.17, 15) is 5.11 Å². The molecule has 0 aromatic carbocycles. The largest absolute Gasteiger partial charge is 0.390 e. The van der Waals surface area contributed by atoms with Gasteiger partial charge in [-0.15, -0.1) is 0 Å². The van der Waals surface area contributed by atoms with Gasteiger partial charge >= 0.3 is 0 Å². The molecule has 7 atom stereocenters. The fourth-order valence-corrected chi connectivity index (χ4v) is 7.71. The van der Waals surface area contributed by atoms with Crippen LogP contribution in [0.2, 0.25) is 0 Å². The molecule has 3 fully saturated rings. The predicted molar refractivity (Wildman–Crippen MR) is 94.5 cm³/mol. The number of hydrogen-bond donors (Lipinski definition) is 2. The van der Waals surface area contributed by atoms with Gasteiger partial charge in [0.05, 0.1) is 11.8 Å². The summed E-state index contributed by atoms with van der Waals surface area (Å²) >= 11 is 0. The maximum atomic E-state index is 11.0. The van der Waals surface area contributed by atoms with Crippen LogP contribution in [-0.2, 0) is 12.8 Å². The van der Waals surface area contributed by atoms with Crippen LogP contribution in [0.5, 0.6) is 0 Å². The Morgan fingerprint density at radius 2 is 1.88 bits per heavy atom. The van der Waals surface area contributed by atoms with Gasteiger partial charge in [0.15, 0.2) is 0 Å². The normalized spacial score (nSPS) is 53.0. The zero-order chi connectivity index (χ0) is 16.7. The molecular formula is C21H32N2O. The Morgan fingerprint density at radius 3 is 2.71 bits per heavy atom. The van der Waals surface area contributed by atoms with Crippen molar-refractivity contribution >= 4 is 0 Å². The molecule has 24 heavy (non-hydrogen) atoms. The van der Waals surface area contributed by atoms with Gasteiger partial charge in [0.1, 0.15) is 0 Å². The minimum absolute atomic E-state index is 0.146. The number of nitrogens with one attached hydrogen (secondary N) is 1. The zero-order valence-electron chi connectivity index (χ0n) is 15.4. The van der Waals surface area contributed by atoms with Crippen molar-refractivity contribution in [1.29, 1.82) is 0 Å². The second-order valence-corrected chi connectivity index (χ2v) is 10.2. The first kappa shape index (κ1) is 15.4. The molecule has 0 amide bonds. The summed E-state index contributed by atoms with van der Waals surface area (Å²) in [4.78, 5) is 0. The monoisotopic (exact) mass is 328 g/mol. The zero-order valence-corrected chi connectivity index (χ0v) is 15.4. The molecule has 0 saturated heterocycles. The number of fused-ring (bicyclic) bond motifs is 6. The van der Waals surface area contributed by atoms with Crippen molar-refractivity contribution in [3.05, 3.63) is 17.5 Å². The number of H-pyrrole nitrogens is 1. The molecule has 132 valence electrons. The topological polar surface area (TPSA) is 48.9 Å². The lowest BCUT2D eigenvalue weighted by atomic mass is 9.44. The summed E-state index contributed by atoms with van der Waals surface area (Å²) in [5, 5.41) is 18.6. The molecular weight excluding hydrogens is 296 g/mol. The number of aromatic nitrogens is 2. The minimum Gasteiger partial charge on any atom is -0.390 e. The number of hydrogen-bond acceptors (Lipinski definition) is 2. The van der Waals surface area contributed by atoms with Gasteiger partial charge in [-0.1, -0.05) is 13.8 Å². The molecule has 0 radical (unpaired) electrons. The van der Waals surface area contributed by atoms with Crippen LogP contribution in [0, 0.1) is 34.5 Å². The van der Waals surface area contributed by atoms with E-state index in [2.05, 4.69) is 37.2 Å². The average Bonchev–Trinajstić information content (AvgIpc) is 3.06. The summed E-state index contributed by atoms with van der Waals surface area (Å²) in [6, 6.07) is 0. The minimum atomic E-state index is -0.454. The highest BCUT2D eigenvalue weighted by Gasteiger charge is 2.63. The molecule has 3 unspecified atom stereocenters. The van der Waals surface area contributed by atoms with Crippen LogP contribution < -0.4 is 0 Å². The Hall–Kier alpha value is -0.830. The molecule has 3 nitrogen and oxygen atoms in total. The van der Waals surface area contributed by atoms with E-state index in [4.69, 9.17) is 0 Å². The highest BCUT2D eigenvalue weighted by Crippen LogP contribution is 2.67. The van der Waals surface area contributed by atoms with Crippen molar-refractivity contribution < 1.29 is 5.11 Å². The lowest BCUT2D eigenvalue weighted by Gasteiger charge is -2.60. The summed E-state index contributed by atoms with van der Waals surface area (Å²) in [5.41, 5.74) is 3.01. The number of rotatable bonds is 0. The maximum Gasteiger partial charge on any atom is 0.0675 e. The third-order valence-corrected chi connectivity index (χ3v) is 9.46. The molecule has 3 saturated carbocycles. The van der Waals surface area contributed by atoms with E-state index < -0.39 is 5.60 Å². The van der Waals surface area contributed by atoms with Crippen LogP contribution in [0.3, 0.4) is 0 Å². The third-order valence-electron chi connectivity index (χ3n) is 9.46. The first-order chi connectivity index (χ1) is 11.4. The Bertz CT molecular complexity index is 665. The molecule has 4 aliphatic carbocycles. The molecule has 3 heteroatoms. The van der Waals surface area contributed by atoms with Gasteiger partial charge in [-0.3, -0.25) is 5.10 Å². The molecule has 5 rings (SSSR count). The fraction of sp³-hybridized carbons (Fsp3) is 0.857. The summed E-state index contributed by atoms with van der Waals surface area (Å²) in [6.45, 7) is 7.09. The highest BCUT2D eigenvalue weighted by molar-refractivity contribution is 5.26. The van der Waals surface area contributed by atoms with Crippen LogP contribution in [0.25, 0.3) is 0 Å². The summed E-state index contributed by atoms with van der Waals surface area (Å²) in [5.74, 6) is 3.21. The van der Waals surface area contributed by atoms with E-state index in [0.717, 1.165) is 30.1 Å².